The average Bonchev–Trinajstić information content (AvgIpc) is 2.35. The first-order valence-corrected chi connectivity index (χ1v) is 7.70. The van der Waals surface area contributed by atoms with E-state index in [1.807, 2.05) is 0 Å². The van der Waals surface area contributed by atoms with E-state index >= 15 is 0 Å². The lowest BCUT2D eigenvalue weighted by Crippen LogP contribution is -2.42. The van der Waals surface area contributed by atoms with Gasteiger partial charge in [0.15, 0.2) is 0 Å². The van der Waals surface area contributed by atoms with E-state index in [2.05, 4.69) is 77.6 Å². The minimum absolute atomic E-state index is 0.171. The van der Waals surface area contributed by atoms with Crippen LogP contribution in [0, 0.1) is 0 Å². The summed E-state index contributed by atoms with van der Waals surface area (Å²) in [6.45, 7) is 18.5. The predicted octanol–water partition coefficient (Wildman–Crippen LogP) is 4.48. The number of benzene rings is 1. The third-order valence-electron chi connectivity index (χ3n) is 3.61. The molecule has 0 fully saturated rings. The van der Waals surface area contributed by atoms with Crippen molar-refractivity contribution in [1.29, 1.82) is 0 Å². The fourth-order valence-corrected chi connectivity index (χ4v) is 2.36. The van der Waals surface area contributed by atoms with E-state index in [4.69, 9.17) is 4.74 Å². The first kappa shape index (κ1) is 17.0. The Balaban J connectivity index is 2.72. The molecular weight excluding hydrogens is 246 g/mol. The van der Waals surface area contributed by atoms with Crippen molar-refractivity contribution in [3.8, 4) is 5.75 Å². The molecule has 0 spiro atoms. The van der Waals surface area contributed by atoms with Crippen molar-refractivity contribution in [2.75, 3.05) is 19.6 Å². The maximum absolute atomic E-state index is 6.16. The van der Waals surface area contributed by atoms with Crippen LogP contribution in [-0.4, -0.2) is 30.1 Å². The first-order valence-electron chi connectivity index (χ1n) is 7.70. The SMILES string of the molecule is CCN(CC)CC(C)(C)Oc1ccc(C(C)(C)C)cc1. The summed E-state index contributed by atoms with van der Waals surface area (Å²) in [6, 6.07) is 8.51. The van der Waals surface area contributed by atoms with Crippen LogP contribution in [0.4, 0.5) is 0 Å². The molecule has 0 heterocycles. The molecule has 20 heavy (non-hydrogen) atoms. The van der Waals surface area contributed by atoms with Gasteiger partial charge in [-0.2, -0.15) is 0 Å². The van der Waals surface area contributed by atoms with E-state index in [1.54, 1.807) is 0 Å². The van der Waals surface area contributed by atoms with Crippen molar-refractivity contribution in [2.24, 2.45) is 0 Å². The van der Waals surface area contributed by atoms with Crippen LogP contribution in [0.1, 0.15) is 54.0 Å². The van der Waals surface area contributed by atoms with Gasteiger partial charge >= 0.3 is 0 Å². The van der Waals surface area contributed by atoms with Gasteiger partial charge in [0.1, 0.15) is 11.4 Å². The van der Waals surface area contributed by atoms with Gasteiger partial charge in [-0.15, -0.1) is 0 Å². The van der Waals surface area contributed by atoms with E-state index in [0.29, 0.717) is 0 Å². The Morgan fingerprint density at radius 2 is 1.40 bits per heavy atom. The summed E-state index contributed by atoms with van der Waals surface area (Å²) < 4.78 is 6.16. The van der Waals surface area contributed by atoms with Gasteiger partial charge in [-0.05, 0) is 50.0 Å². The molecule has 0 amide bonds. The second-order valence-corrected chi connectivity index (χ2v) is 7.10. The molecule has 0 radical (unpaired) electrons. The normalized spacial score (nSPS) is 12.8. The maximum Gasteiger partial charge on any atom is 0.120 e. The van der Waals surface area contributed by atoms with Crippen LogP contribution in [0.3, 0.4) is 0 Å². The Kier molecular flexibility index (Phi) is 5.64. The smallest absolute Gasteiger partial charge is 0.120 e. The lowest BCUT2D eigenvalue weighted by Gasteiger charge is -2.32. The summed E-state index contributed by atoms with van der Waals surface area (Å²) in [7, 11) is 0. The van der Waals surface area contributed by atoms with Gasteiger partial charge in [0.05, 0.1) is 0 Å². The molecule has 0 aliphatic heterocycles. The molecule has 2 nitrogen and oxygen atoms in total. The zero-order valence-electron chi connectivity index (χ0n) is 14.3. The summed E-state index contributed by atoms with van der Waals surface area (Å²) >= 11 is 0. The molecule has 0 unspecified atom stereocenters. The topological polar surface area (TPSA) is 12.5 Å². The molecule has 2 heteroatoms. The highest BCUT2D eigenvalue weighted by Gasteiger charge is 2.23. The Bertz CT molecular complexity index is 396. The molecule has 0 aliphatic rings. The second kappa shape index (κ2) is 6.62. The highest BCUT2D eigenvalue weighted by molar-refractivity contribution is 5.31. The van der Waals surface area contributed by atoms with Gasteiger partial charge in [-0.3, -0.25) is 4.90 Å². The number of likely N-dealkylation sites (N-methyl/N-ethyl adjacent to an activating group) is 1. The van der Waals surface area contributed by atoms with Gasteiger partial charge in [-0.25, -0.2) is 0 Å². The zero-order valence-corrected chi connectivity index (χ0v) is 14.3. The van der Waals surface area contributed by atoms with Gasteiger partial charge < -0.3 is 4.74 Å². The number of ether oxygens (including phenoxy) is 1. The fraction of sp³-hybridized carbons (Fsp3) is 0.667. The number of hydrogen-bond acceptors (Lipinski definition) is 2. The quantitative estimate of drug-likeness (QED) is 0.760. The van der Waals surface area contributed by atoms with Crippen molar-refractivity contribution in [3.63, 3.8) is 0 Å². The Morgan fingerprint density at radius 1 is 0.900 bits per heavy atom. The zero-order chi connectivity index (χ0) is 15.4. The Labute approximate surface area is 125 Å². The van der Waals surface area contributed by atoms with E-state index in [-0.39, 0.29) is 11.0 Å². The lowest BCUT2D eigenvalue weighted by atomic mass is 9.87. The van der Waals surface area contributed by atoms with E-state index in [1.165, 1.54) is 5.56 Å². The van der Waals surface area contributed by atoms with Crippen molar-refractivity contribution in [2.45, 2.75) is 59.5 Å². The molecule has 1 aromatic rings. The monoisotopic (exact) mass is 277 g/mol. The molecule has 0 aliphatic carbocycles. The molecule has 0 aromatic heterocycles. The molecule has 0 saturated heterocycles. The number of rotatable bonds is 6. The summed E-state index contributed by atoms with van der Waals surface area (Å²) in [5.74, 6) is 0.954. The summed E-state index contributed by atoms with van der Waals surface area (Å²) in [6.07, 6.45) is 0. The van der Waals surface area contributed by atoms with Crippen molar-refractivity contribution in [1.82, 2.24) is 4.90 Å². The Hall–Kier alpha value is -1.02. The highest BCUT2D eigenvalue weighted by Crippen LogP contribution is 2.26. The Morgan fingerprint density at radius 3 is 1.80 bits per heavy atom. The van der Waals surface area contributed by atoms with Gasteiger partial charge in [0.2, 0.25) is 0 Å². The molecule has 0 saturated carbocycles. The van der Waals surface area contributed by atoms with Gasteiger partial charge in [-0.1, -0.05) is 46.8 Å². The van der Waals surface area contributed by atoms with E-state index < -0.39 is 0 Å². The predicted molar refractivity (Wildman–Crippen MR) is 87.6 cm³/mol. The third kappa shape index (κ3) is 5.16. The van der Waals surface area contributed by atoms with E-state index in [9.17, 15) is 0 Å². The molecule has 114 valence electrons. The van der Waals surface area contributed by atoms with Crippen LogP contribution in [0.2, 0.25) is 0 Å². The van der Waals surface area contributed by atoms with Crippen LogP contribution in [0.25, 0.3) is 0 Å². The molecule has 0 N–H and O–H groups in total. The minimum Gasteiger partial charge on any atom is -0.487 e. The molecular formula is C18H31NO. The number of hydrogen-bond donors (Lipinski definition) is 0. The average molecular weight is 277 g/mol. The summed E-state index contributed by atoms with van der Waals surface area (Å²) in [4.78, 5) is 2.39. The minimum atomic E-state index is -0.171. The van der Waals surface area contributed by atoms with E-state index in [0.717, 1.165) is 25.4 Å². The standard InChI is InChI=1S/C18H31NO/c1-8-19(9-2)14-18(6,7)20-16-12-10-15(11-13-16)17(3,4)5/h10-13H,8-9,14H2,1-7H3. The van der Waals surface area contributed by atoms with Crippen LogP contribution in [0.15, 0.2) is 24.3 Å². The lowest BCUT2D eigenvalue weighted by molar-refractivity contribution is 0.0634. The van der Waals surface area contributed by atoms with Crippen LogP contribution >= 0.6 is 0 Å². The first-order chi connectivity index (χ1) is 9.18. The second-order valence-electron chi connectivity index (χ2n) is 7.10. The fourth-order valence-electron chi connectivity index (χ4n) is 2.36. The molecule has 1 aromatic carbocycles. The summed E-state index contributed by atoms with van der Waals surface area (Å²) in [5.41, 5.74) is 1.36. The van der Waals surface area contributed by atoms with Crippen molar-refractivity contribution >= 4 is 0 Å². The molecule has 0 atom stereocenters. The van der Waals surface area contributed by atoms with Gasteiger partial charge in [0, 0.05) is 6.54 Å². The van der Waals surface area contributed by atoms with Crippen molar-refractivity contribution in [3.05, 3.63) is 29.8 Å². The van der Waals surface area contributed by atoms with Gasteiger partial charge in [0.25, 0.3) is 0 Å². The summed E-state index contributed by atoms with van der Waals surface area (Å²) in [5, 5.41) is 0. The number of nitrogens with zero attached hydrogens (tertiary/aromatic N) is 1. The third-order valence-corrected chi connectivity index (χ3v) is 3.61. The van der Waals surface area contributed by atoms with Crippen LogP contribution in [-0.2, 0) is 5.41 Å². The largest absolute Gasteiger partial charge is 0.487 e. The maximum atomic E-state index is 6.16. The highest BCUT2D eigenvalue weighted by atomic mass is 16.5. The molecule has 1 rings (SSSR count). The van der Waals surface area contributed by atoms with Crippen molar-refractivity contribution < 1.29 is 4.74 Å². The molecule has 0 bridgehead atoms. The van der Waals surface area contributed by atoms with Crippen LogP contribution < -0.4 is 4.74 Å². The van der Waals surface area contributed by atoms with Crippen LogP contribution in [0.5, 0.6) is 5.75 Å².